The molecule has 0 aromatic carbocycles. The van der Waals surface area contributed by atoms with Gasteiger partial charge >= 0.3 is 0 Å². The first kappa shape index (κ1) is 12.6. The monoisotopic (exact) mass is 244 g/mol. The number of hydrogen-bond donors (Lipinski definition) is 1. The third kappa shape index (κ3) is 3.01. The van der Waals surface area contributed by atoms with Crippen LogP contribution in [0.3, 0.4) is 0 Å². The highest BCUT2D eigenvalue weighted by Gasteiger charge is 2.18. The molecule has 1 unspecified atom stereocenters. The van der Waals surface area contributed by atoms with Gasteiger partial charge in [0.25, 0.3) is 5.90 Å². The van der Waals surface area contributed by atoms with Crippen LogP contribution < -0.4 is 0 Å². The first-order valence-corrected chi connectivity index (χ1v) is 5.59. The summed E-state index contributed by atoms with van der Waals surface area (Å²) in [4.78, 5) is 8.33. The summed E-state index contributed by atoms with van der Waals surface area (Å²) >= 11 is -2.25. The highest BCUT2D eigenvalue weighted by Crippen LogP contribution is 2.15. The fraction of sp³-hybridized carbons (Fsp3) is 0.333. The molecule has 0 spiro atoms. The Hall–Kier alpha value is -1.47. The number of ether oxygens (including phenoxy) is 1. The smallest absolute Gasteiger partial charge is 0.260 e. The normalized spacial score (nSPS) is 19.2. The van der Waals surface area contributed by atoms with E-state index in [-0.39, 0.29) is 16.5 Å². The Morgan fingerprint density at radius 1 is 1.69 bits per heavy atom. The summed E-state index contributed by atoms with van der Waals surface area (Å²) in [7, 11) is 0. The molecule has 0 amide bonds. The van der Waals surface area contributed by atoms with Crippen LogP contribution >= 0.6 is 0 Å². The van der Waals surface area contributed by atoms with Crippen molar-refractivity contribution < 1.29 is 18.3 Å². The molecule has 88 valence electrons. The van der Waals surface area contributed by atoms with Gasteiger partial charge in [-0.25, -0.2) is 4.21 Å². The maximum atomic E-state index is 11.0. The van der Waals surface area contributed by atoms with Gasteiger partial charge in [0.05, 0.1) is 5.57 Å². The lowest BCUT2D eigenvalue weighted by atomic mass is 10.2. The van der Waals surface area contributed by atoms with Crippen LogP contribution in [0.2, 0.25) is 0 Å². The van der Waals surface area contributed by atoms with Crippen LogP contribution in [0.25, 0.3) is 0 Å². The van der Waals surface area contributed by atoms with Crippen molar-refractivity contribution in [3.8, 4) is 0 Å². The minimum absolute atomic E-state index is 0.109. The van der Waals surface area contributed by atoms with E-state index in [2.05, 4.69) is 16.9 Å². The van der Waals surface area contributed by atoms with Crippen molar-refractivity contribution in [2.24, 2.45) is 10.1 Å². The minimum atomic E-state index is -2.25. The van der Waals surface area contributed by atoms with Gasteiger partial charge in [0.1, 0.15) is 6.61 Å². The van der Waals surface area contributed by atoms with E-state index in [1.165, 1.54) is 0 Å². The molecule has 0 aromatic rings. The maximum absolute atomic E-state index is 11.0. The minimum Gasteiger partial charge on any atom is -0.471 e. The molecule has 0 bridgehead atoms. The van der Waals surface area contributed by atoms with Crippen molar-refractivity contribution in [2.75, 3.05) is 13.2 Å². The van der Waals surface area contributed by atoms with E-state index in [1.54, 1.807) is 19.1 Å². The quantitative estimate of drug-likeness (QED) is 0.455. The highest BCUT2D eigenvalue weighted by atomic mass is 32.2. The second kappa shape index (κ2) is 6.19. The molecule has 1 N–H and O–H groups in total. The molecule has 1 atom stereocenters. The van der Waals surface area contributed by atoms with Crippen molar-refractivity contribution in [1.82, 2.24) is 0 Å². The fourth-order valence-corrected chi connectivity index (χ4v) is 1.52. The number of nitrogens with zero attached hydrogens (tertiary/aromatic N) is 2. The largest absolute Gasteiger partial charge is 0.471 e. The summed E-state index contributed by atoms with van der Waals surface area (Å²) in [5, 5.41) is 3.54. The van der Waals surface area contributed by atoms with Gasteiger partial charge in [0.15, 0.2) is 11.6 Å². The topological polar surface area (TPSA) is 80.5 Å². The fourth-order valence-electron chi connectivity index (χ4n) is 1.07. The van der Waals surface area contributed by atoms with E-state index >= 15 is 0 Å². The highest BCUT2D eigenvalue weighted by molar-refractivity contribution is 7.83. The Kier molecular flexibility index (Phi) is 4.87. The lowest BCUT2D eigenvalue weighted by Gasteiger charge is -2.14. The number of rotatable bonds is 4. The lowest BCUT2D eigenvalue weighted by Crippen LogP contribution is -2.19. The summed E-state index contributed by atoms with van der Waals surface area (Å²) < 4.78 is 25.3. The molecule has 0 fully saturated rings. The first-order valence-electron chi connectivity index (χ1n) is 4.48. The van der Waals surface area contributed by atoms with E-state index in [0.29, 0.717) is 13.2 Å². The Bertz CT molecular complexity index is 387. The molecule has 1 aliphatic rings. The number of oxime groups is 1. The average Bonchev–Trinajstić information content (AvgIpc) is 2.29. The average molecular weight is 244 g/mol. The Morgan fingerprint density at radius 3 is 2.88 bits per heavy atom. The van der Waals surface area contributed by atoms with Gasteiger partial charge in [-0.05, 0) is 18.8 Å². The van der Waals surface area contributed by atoms with Crippen molar-refractivity contribution in [3.63, 3.8) is 0 Å². The molecular weight excluding hydrogens is 232 g/mol. The van der Waals surface area contributed by atoms with Crippen molar-refractivity contribution in [2.45, 2.75) is 6.92 Å². The Labute approximate surface area is 95.6 Å². The van der Waals surface area contributed by atoms with Crippen LogP contribution in [-0.2, 0) is 20.7 Å². The van der Waals surface area contributed by atoms with Crippen LogP contribution in [0.15, 0.2) is 32.9 Å². The van der Waals surface area contributed by atoms with Crippen LogP contribution in [0.4, 0.5) is 0 Å². The van der Waals surface area contributed by atoms with Crippen LogP contribution in [-0.4, -0.2) is 34.6 Å². The third-order valence-corrected chi connectivity index (χ3v) is 2.34. The zero-order valence-electron chi connectivity index (χ0n) is 8.75. The van der Waals surface area contributed by atoms with E-state index in [0.717, 1.165) is 0 Å². The molecule has 0 aliphatic carbocycles. The standard InChI is InChI=1S/C9H12N2O4S/c1-3-4-7(9(10-2)16(12)13)8-11-15-6-5-14-8/h3-4H,2,5-6H2,1H3,(H,12,13)/b4-3-,9-7-. The molecule has 1 heterocycles. The van der Waals surface area contributed by atoms with Crippen molar-refractivity contribution in [1.29, 1.82) is 0 Å². The van der Waals surface area contributed by atoms with E-state index < -0.39 is 11.1 Å². The van der Waals surface area contributed by atoms with Crippen LogP contribution in [0.5, 0.6) is 0 Å². The second-order valence-corrected chi connectivity index (χ2v) is 3.59. The predicted molar refractivity (Wildman–Crippen MR) is 61.5 cm³/mol. The molecule has 7 heteroatoms. The molecular formula is C9H12N2O4S. The lowest BCUT2D eigenvalue weighted by molar-refractivity contribution is 0.0654. The molecule has 0 aromatic heterocycles. The molecule has 0 saturated heterocycles. The molecule has 6 nitrogen and oxygen atoms in total. The molecule has 16 heavy (non-hydrogen) atoms. The number of allylic oxidation sites excluding steroid dienone is 1. The predicted octanol–water partition coefficient (Wildman–Crippen LogP) is 1.06. The van der Waals surface area contributed by atoms with Gasteiger partial charge in [0.2, 0.25) is 11.1 Å². The Morgan fingerprint density at radius 2 is 2.44 bits per heavy atom. The van der Waals surface area contributed by atoms with Gasteiger partial charge in [0, 0.05) is 0 Å². The van der Waals surface area contributed by atoms with Crippen LogP contribution in [0.1, 0.15) is 6.92 Å². The summed E-state index contributed by atoms with van der Waals surface area (Å²) in [6.45, 7) is 5.68. The summed E-state index contributed by atoms with van der Waals surface area (Å²) in [6, 6.07) is 0. The Balaban J connectivity index is 3.20. The van der Waals surface area contributed by atoms with E-state index in [4.69, 9.17) is 14.1 Å². The van der Waals surface area contributed by atoms with Gasteiger partial charge in [-0.15, -0.1) is 0 Å². The third-order valence-electron chi connectivity index (χ3n) is 1.66. The second-order valence-electron chi connectivity index (χ2n) is 2.70. The zero-order chi connectivity index (χ0) is 12.0. The zero-order valence-corrected chi connectivity index (χ0v) is 9.57. The maximum Gasteiger partial charge on any atom is 0.260 e. The van der Waals surface area contributed by atoms with Gasteiger partial charge in [-0.3, -0.25) is 4.99 Å². The number of aliphatic imine (C=N–C) groups is 1. The van der Waals surface area contributed by atoms with Crippen molar-refractivity contribution >= 4 is 23.7 Å². The summed E-state index contributed by atoms with van der Waals surface area (Å²) in [5.74, 6) is 0.133. The SMILES string of the molecule is C=N/C(=C(\C=C/C)C1=NOCCO1)S(=O)O. The van der Waals surface area contributed by atoms with E-state index in [1.807, 2.05) is 0 Å². The number of hydrogen-bond acceptors (Lipinski definition) is 5. The molecule has 0 radical (unpaired) electrons. The first-order chi connectivity index (χ1) is 7.70. The molecule has 0 saturated carbocycles. The van der Waals surface area contributed by atoms with Gasteiger partial charge in [-0.2, -0.15) is 0 Å². The summed E-state index contributed by atoms with van der Waals surface area (Å²) in [5.41, 5.74) is 0.290. The van der Waals surface area contributed by atoms with Gasteiger partial charge in [-0.1, -0.05) is 12.2 Å². The van der Waals surface area contributed by atoms with Crippen molar-refractivity contribution in [3.05, 3.63) is 22.8 Å². The molecule has 1 rings (SSSR count). The van der Waals surface area contributed by atoms with Crippen LogP contribution in [0, 0.1) is 0 Å². The molecule has 1 aliphatic heterocycles. The summed E-state index contributed by atoms with van der Waals surface area (Å²) in [6.07, 6.45) is 3.24. The van der Waals surface area contributed by atoms with E-state index in [9.17, 15) is 4.21 Å². The van der Waals surface area contributed by atoms with Gasteiger partial charge < -0.3 is 14.1 Å².